The van der Waals surface area contributed by atoms with E-state index in [0.29, 0.717) is 34.7 Å². The molecule has 2 aromatic carbocycles. The first-order valence-corrected chi connectivity index (χ1v) is 11.5. The minimum Gasteiger partial charge on any atom is -0.497 e. The van der Waals surface area contributed by atoms with E-state index in [1.165, 1.54) is 17.4 Å². The largest absolute Gasteiger partial charge is 0.497 e. The van der Waals surface area contributed by atoms with E-state index in [0.717, 1.165) is 21.3 Å². The molecule has 4 rings (SSSR count). The van der Waals surface area contributed by atoms with Crippen LogP contribution in [-0.2, 0) is 11.3 Å². The number of pyridine rings is 1. The normalized spacial score (nSPS) is 11.0. The number of thiazole rings is 1. The van der Waals surface area contributed by atoms with Crippen LogP contribution < -0.4 is 23.8 Å². The standard InChI is InChI=1S/C26H25N3O5S/c1-31-19-8-9-23-20(14-19)28-26(35-23)29(16-18-6-5-11-27-15-18)24(30)10-7-17-12-21(32-2)25(34-4)22(13-17)33-3/h5-15H,16H2,1-4H3/b10-7+. The van der Waals surface area contributed by atoms with E-state index in [4.69, 9.17) is 23.9 Å². The second kappa shape index (κ2) is 10.9. The quantitative estimate of drug-likeness (QED) is 0.306. The zero-order valence-electron chi connectivity index (χ0n) is 19.8. The van der Waals surface area contributed by atoms with Crippen molar-refractivity contribution in [1.29, 1.82) is 0 Å². The van der Waals surface area contributed by atoms with Gasteiger partial charge >= 0.3 is 0 Å². The number of carbonyl (C=O) groups excluding carboxylic acids is 1. The first kappa shape index (κ1) is 24.0. The number of fused-ring (bicyclic) bond motifs is 1. The average Bonchev–Trinajstić information content (AvgIpc) is 3.33. The van der Waals surface area contributed by atoms with Crippen molar-refractivity contribution < 1.29 is 23.7 Å². The molecule has 4 aromatic rings. The van der Waals surface area contributed by atoms with Gasteiger partial charge in [-0.05, 0) is 47.5 Å². The van der Waals surface area contributed by atoms with Crippen LogP contribution in [0.2, 0.25) is 0 Å². The number of rotatable bonds is 9. The number of benzene rings is 2. The number of ether oxygens (including phenoxy) is 4. The van der Waals surface area contributed by atoms with Gasteiger partial charge in [-0.15, -0.1) is 0 Å². The van der Waals surface area contributed by atoms with Gasteiger partial charge in [0.2, 0.25) is 5.75 Å². The minimum atomic E-state index is -0.228. The van der Waals surface area contributed by atoms with Gasteiger partial charge in [0.15, 0.2) is 16.6 Å². The molecule has 8 nitrogen and oxygen atoms in total. The maximum absolute atomic E-state index is 13.4. The predicted molar refractivity (Wildman–Crippen MR) is 137 cm³/mol. The Hall–Kier alpha value is -4.11. The van der Waals surface area contributed by atoms with Crippen LogP contribution in [0.5, 0.6) is 23.0 Å². The molecule has 0 unspecified atom stereocenters. The maximum Gasteiger partial charge on any atom is 0.253 e. The number of nitrogens with zero attached hydrogens (tertiary/aromatic N) is 3. The summed E-state index contributed by atoms with van der Waals surface area (Å²) in [6.45, 7) is 0.323. The molecule has 0 saturated carbocycles. The van der Waals surface area contributed by atoms with Gasteiger partial charge in [-0.25, -0.2) is 4.98 Å². The number of aromatic nitrogens is 2. The SMILES string of the molecule is COc1ccc2sc(N(Cc3cccnc3)C(=O)/C=C/c3cc(OC)c(OC)c(OC)c3)nc2c1. The number of hydrogen-bond acceptors (Lipinski definition) is 8. The van der Waals surface area contributed by atoms with Crippen LogP contribution in [0.15, 0.2) is 60.9 Å². The lowest BCUT2D eigenvalue weighted by molar-refractivity contribution is -0.114. The van der Waals surface area contributed by atoms with Gasteiger partial charge in [-0.2, -0.15) is 0 Å². The summed E-state index contributed by atoms with van der Waals surface area (Å²) in [5, 5.41) is 0.580. The van der Waals surface area contributed by atoms with Crippen LogP contribution in [0.25, 0.3) is 16.3 Å². The molecule has 0 spiro atoms. The van der Waals surface area contributed by atoms with Crippen molar-refractivity contribution in [1.82, 2.24) is 9.97 Å². The number of hydrogen-bond donors (Lipinski definition) is 0. The van der Waals surface area contributed by atoms with Crippen molar-refractivity contribution >= 4 is 38.7 Å². The van der Waals surface area contributed by atoms with Gasteiger partial charge in [-0.1, -0.05) is 17.4 Å². The van der Waals surface area contributed by atoms with E-state index in [1.807, 2.05) is 30.3 Å². The Kier molecular flexibility index (Phi) is 7.47. The van der Waals surface area contributed by atoms with Crippen LogP contribution in [0, 0.1) is 0 Å². The summed E-state index contributed by atoms with van der Waals surface area (Å²) in [4.78, 5) is 23.9. The summed E-state index contributed by atoms with van der Waals surface area (Å²) < 4.78 is 22.5. The number of carbonyl (C=O) groups is 1. The van der Waals surface area contributed by atoms with Gasteiger partial charge in [0.25, 0.3) is 5.91 Å². The maximum atomic E-state index is 13.4. The predicted octanol–water partition coefficient (Wildman–Crippen LogP) is 4.97. The average molecular weight is 492 g/mol. The third kappa shape index (κ3) is 5.36. The first-order chi connectivity index (χ1) is 17.1. The third-order valence-electron chi connectivity index (χ3n) is 5.25. The molecule has 9 heteroatoms. The Balaban J connectivity index is 1.68. The Labute approximate surface area is 207 Å². The lowest BCUT2D eigenvalue weighted by atomic mass is 10.1. The molecule has 0 radical (unpaired) electrons. The summed E-state index contributed by atoms with van der Waals surface area (Å²) >= 11 is 1.44. The Morgan fingerprint density at radius 3 is 2.40 bits per heavy atom. The van der Waals surface area contributed by atoms with Crippen molar-refractivity contribution in [3.05, 3.63) is 72.1 Å². The molecule has 0 N–H and O–H groups in total. The highest BCUT2D eigenvalue weighted by Crippen LogP contribution is 2.38. The van der Waals surface area contributed by atoms with Crippen LogP contribution in [-0.4, -0.2) is 44.3 Å². The fourth-order valence-corrected chi connectivity index (χ4v) is 4.46. The molecule has 2 aromatic heterocycles. The molecule has 0 aliphatic heterocycles. The van der Waals surface area contributed by atoms with Crippen molar-refractivity contribution in [2.24, 2.45) is 0 Å². The minimum absolute atomic E-state index is 0.228. The van der Waals surface area contributed by atoms with E-state index >= 15 is 0 Å². The summed E-state index contributed by atoms with van der Waals surface area (Å²) in [6.07, 6.45) is 6.65. The molecule has 0 bridgehead atoms. The van der Waals surface area contributed by atoms with E-state index in [-0.39, 0.29) is 5.91 Å². The Morgan fingerprint density at radius 1 is 1.00 bits per heavy atom. The molecule has 2 heterocycles. The summed E-state index contributed by atoms with van der Waals surface area (Å²) in [6, 6.07) is 13.0. The van der Waals surface area contributed by atoms with E-state index < -0.39 is 0 Å². The van der Waals surface area contributed by atoms with Gasteiger partial charge in [0.1, 0.15) is 5.75 Å². The first-order valence-electron chi connectivity index (χ1n) is 10.7. The highest BCUT2D eigenvalue weighted by molar-refractivity contribution is 7.22. The number of anilines is 1. The molecule has 0 aliphatic rings. The molecule has 1 amide bonds. The Bertz CT molecular complexity index is 1330. The zero-order chi connectivity index (χ0) is 24.8. The molecule has 180 valence electrons. The summed E-state index contributed by atoms with van der Waals surface area (Å²) in [5.74, 6) is 1.98. The molecule has 0 atom stereocenters. The summed E-state index contributed by atoms with van der Waals surface area (Å²) in [7, 11) is 6.26. The van der Waals surface area contributed by atoms with Crippen LogP contribution in [0.3, 0.4) is 0 Å². The molecule has 0 fully saturated rings. The van der Waals surface area contributed by atoms with Gasteiger partial charge in [-0.3, -0.25) is 14.7 Å². The van der Waals surface area contributed by atoms with Gasteiger partial charge in [0, 0.05) is 24.5 Å². The topological polar surface area (TPSA) is 83.0 Å². The monoisotopic (exact) mass is 491 g/mol. The highest BCUT2D eigenvalue weighted by Gasteiger charge is 2.19. The van der Waals surface area contributed by atoms with E-state index in [1.54, 1.807) is 63.9 Å². The van der Waals surface area contributed by atoms with E-state index in [2.05, 4.69) is 4.98 Å². The van der Waals surface area contributed by atoms with Gasteiger partial charge in [0.05, 0.1) is 45.2 Å². The lowest BCUT2D eigenvalue weighted by Crippen LogP contribution is -2.28. The fraction of sp³-hybridized carbons (Fsp3) is 0.192. The van der Waals surface area contributed by atoms with Crippen LogP contribution in [0.1, 0.15) is 11.1 Å². The van der Waals surface area contributed by atoms with Crippen molar-refractivity contribution in [2.75, 3.05) is 33.3 Å². The molecule has 0 saturated heterocycles. The van der Waals surface area contributed by atoms with Gasteiger partial charge < -0.3 is 18.9 Å². The van der Waals surface area contributed by atoms with E-state index in [9.17, 15) is 4.79 Å². The lowest BCUT2D eigenvalue weighted by Gasteiger charge is -2.18. The second-order valence-electron chi connectivity index (χ2n) is 7.41. The smallest absolute Gasteiger partial charge is 0.253 e. The number of amides is 1. The molecular formula is C26H25N3O5S. The number of methoxy groups -OCH3 is 4. The van der Waals surface area contributed by atoms with Crippen molar-refractivity contribution in [3.63, 3.8) is 0 Å². The molecular weight excluding hydrogens is 466 g/mol. The summed E-state index contributed by atoms with van der Waals surface area (Å²) in [5.41, 5.74) is 2.38. The second-order valence-corrected chi connectivity index (χ2v) is 8.42. The molecule has 35 heavy (non-hydrogen) atoms. The Morgan fingerprint density at radius 2 is 1.77 bits per heavy atom. The van der Waals surface area contributed by atoms with Crippen LogP contribution >= 0.6 is 11.3 Å². The fourth-order valence-electron chi connectivity index (χ4n) is 3.51. The van der Waals surface area contributed by atoms with Crippen LogP contribution in [0.4, 0.5) is 5.13 Å². The van der Waals surface area contributed by atoms with Crippen molar-refractivity contribution in [3.8, 4) is 23.0 Å². The third-order valence-corrected chi connectivity index (χ3v) is 6.31. The zero-order valence-corrected chi connectivity index (χ0v) is 20.7. The van der Waals surface area contributed by atoms with Crippen molar-refractivity contribution in [2.45, 2.75) is 6.54 Å². The highest BCUT2D eigenvalue weighted by atomic mass is 32.1. The molecule has 0 aliphatic carbocycles.